The van der Waals surface area contributed by atoms with E-state index in [1.54, 1.807) is 25.1 Å². The van der Waals surface area contributed by atoms with Crippen molar-refractivity contribution in [1.82, 2.24) is 0 Å². The fourth-order valence-corrected chi connectivity index (χ4v) is 2.48. The van der Waals surface area contributed by atoms with Crippen molar-refractivity contribution in [2.75, 3.05) is 5.32 Å². The SMILES string of the molecule is Cc1cc(NC(=O)c2ccc(Br)cc2C)c(C)cc1O. The fraction of sp³-hybridized carbons (Fsp3) is 0.188. The molecule has 4 heteroatoms. The molecule has 1 amide bonds. The Morgan fingerprint density at radius 1 is 1.05 bits per heavy atom. The molecule has 0 saturated carbocycles. The van der Waals surface area contributed by atoms with E-state index in [0.717, 1.165) is 21.2 Å². The van der Waals surface area contributed by atoms with Crippen LogP contribution < -0.4 is 5.32 Å². The van der Waals surface area contributed by atoms with Crippen LogP contribution in [0.3, 0.4) is 0 Å². The highest BCUT2D eigenvalue weighted by Crippen LogP contribution is 2.26. The Balaban J connectivity index is 2.30. The highest BCUT2D eigenvalue weighted by molar-refractivity contribution is 9.10. The molecule has 0 aliphatic carbocycles. The number of halogens is 1. The molecule has 0 heterocycles. The maximum absolute atomic E-state index is 12.3. The molecule has 0 unspecified atom stereocenters. The predicted molar refractivity (Wildman–Crippen MR) is 84.4 cm³/mol. The number of phenols is 1. The lowest BCUT2D eigenvalue weighted by Crippen LogP contribution is -2.14. The van der Waals surface area contributed by atoms with Gasteiger partial charge in [-0.2, -0.15) is 0 Å². The summed E-state index contributed by atoms with van der Waals surface area (Å²) in [6.07, 6.45) is 0. The van der Waals surface area contributed by atoms with Gasteiger partial charge >= 0.3 is 0 Å². The van der Waals surface area contributed by atoms with E-state index in [1.165, 1.54) is 0 Å². The van der Waals surface area contributed by atoms with Crippen LogP contribution >= 0.6 is 15.9 Å². The van der Waals surface area contributed by atoms with Crippen LogP contribution in [0.4, 0.5) is 5.69 Å². The molecule has 0 spiro atoms. The van der Waals surface area contributed by atoms with Gasteiger partial charge in [-0.25, -0.2) is 0 Å². The Bertz CT molecular complexity index is 680. The third-order valence-electron chi connectivity index (χ3n) is 3.22. The monoisotopic (exact) mass is 333 g/mol. The van der Waals surface area contributed by atoms with Crippen molar-refractivity contribution < 1.29 is 9.90 Å². The summed E-state index contributed by atoms with van der Waals surface area (Å²) < 4.78 is 0.947. The molecule has 104 valence electrons. The zero-order valence-corrected chi connectivity index (χ0v) is 13.2. The molecule has 2 N–H and O–H groups in total. The lowest BCUT2D eigenvalue weighted by atomic mass is 10.1. The van der Waals surface area contributed by atoms with E-state index in [4.69, 9.17) is 0 Å². The number of aryl methyl sites for hydroxylation is 3. The van der Waals surface area contributed by atoms with Crippen molar-refractivity contribution in [3.05, 3.63) is 57.1 Å². The number of phenolic OH excluding ortho intramolecular Hbond substituents is 1. The number of carbonyl (C=O) groups is 1. The van der Waals surface area contributed by atoms with E-state index < -0.39 is 0 Å². The molecule has 0 aliphatic heterocycles. The molecule has 0 atom stereocenters. The predicted octanol–water partition coefficient (Wildman–Crippen LogP) is 4.33. The summed E-state index contributed by atoms with van der Waals surface area (Å²) in [6.45, 7) is 5.55. The molecule has 0 saturated heterocycles. The number of hydrogen-bond donors (Lipinski definition) is 2. The molecular weight excluding hydrogens is 318 g/mol. The minimum absolute atomic E-state index is 0.150. The number of carbonyl (C=O) groups excluding carboxylic acids is 1. The van der Waals surface area contributed by atoms with Gasteiger partial charge in [0.1, 0.15) is 5.75 Å². The zero-order valence-electron chi connectivity index (χ0n) is 11.6. The van der Waals surface area contributed by atoms with Gasteiger partial charge in [-0.05, 0) is 67.8 Å². The maximum Gasteiger partial charge on any atom is 0.255 e. The second kappa shape index (κ2) is 5.67. The average Bonchev–Trinajstić information content (AvgIpc) is 2.35. The Morgan fingerprint density at radius 2 is 1.75 bits per heavy atom. The lowest BCUT2D eigenvalue weighted by Gasteiger charge is -2.12. The number of anilines is 1. The van der Waals surface area contributed by atoms with Crippen molar-refractivity contribution in [3.63, 3.8) is 0 Å². The first kappa shape index (κ1) is 14.6. The van der Waals surface area contributed by atoms with Crippen LogP contribution in [0, 0.1) is 20.8 Å². The van der Waals surface area contributed by atoms with Crippen LogP contribution in [0.15, 0.2) is 34.8 Å². The zero-order chi connectivity index (χ0) is 14.9. The average molecular weight is 334 g/mol. The molecule has 0 fully saturated rings. The van der Waals surface area contributed by atoms with E-state index in [1.807, 2.05) is 26.0 Å². The highest BCUT2D eigenvalue weighted by Gasteiger charge is 2.12. The third-order valence-corrected chi connectivity index (χ3v) is 3.72. The summed E-state index contributed by atoms with van der Waals surface area (Å²) >= 11 is 3.38. The van der Waals surface area contributed by atoms with Gasteiger partial charge in [-0.3, -0.25) is 4.79 Å². The molecule has 2 aromatic rings. The first-order valence-electron chi connectivity index (χ1n) is 6.26. The third kappa shape index (κ3) is 3.02. The lowest BCUT2D eigenvalue weighted by molar-refractivity contribution is 0.102. The smallest absolute Gasteiger partial charge is 0.255 e. The number of aromatic hydroxyl groups is 1. The van der Waals surface area contributed by atoms with Crippen LogP contribution in [0.25, 0.3) is 0 Å². The van der Waals surface area contributed by atoms with Crippen LogP contribution in [-0.4, -0.2) is 11.0 Å². The van der Waals surface area contributed by atoms with E-state index >= 15 is 0 Å². The molecule has 0 aromatic heterocycles. The van der Waals surface area contributed by atoms with Gasteiger partial charge in [0.2, 0.25) is 0 Å². The van der Waals surface area contributed by atoms with Crippen LogP contribution in [0.1, 0.15) is 27.0 Å². The molecular formula is C16H16BrNO2. The van der Waals surface area contributed by atoms with E-state index in [2.05, 4.69) is 21.2 Å². The number of amides is 1. The minimum atomic E-state index is -0.150. The minimum Gasteiger partial charge on any atom is -0.508 e. The fourth-order valence-electron chi connectivity index (χ4n) is 2.01. The Kier molecular flexibility index (Phi) is 4.14. The van der Waals surface area contributed by atoms with Crippen molar-refractivity contribution >= 4 is 27.5 Å². The molecule has 2 aromatic carbocycles. The molecule has 20 heavy (non-hydrogen) atoms. The topological polar surface area (TPSA) is 49.3 Å². The Hall–Kier alpha value is -1.81. The van der Waals surface area contributed by atoms with Crippen LogP contribution in [0.5, 0.6) is 5.75 Å². The summed E-state index contributed by atoms with van der Waals surface area (Å²) in [6, 6.07) is 8.97. The number of rotatable bonds is 2. The largest absolute Gasteiger partial charge is 0.508 e. The van der Waals surface area contributed by atoms with E-state index in [-0.39, 0.29) is 11.7 Å². The summed E-state index contributed by atoms with van der Waals surface area (Å²) in [4.78, 5) is 12.3. The molecule has 3 nitrogen and oxygen atoms in total. The molecule has 0 aliphatic rings. The Labute approximate surface area is 126 Å². The van der Waals surface area contributed by atoms with E-state index in [0.29, 0.717) is 11.3 Å². The van der Waals surface area contributed by atoms with Crippen molar-refractivity contribution in [3.8, 4) is 5.75 Å². The van der Waals surface area contributed by atoms with Gasteiger partial charge in [0.05, 0.1) is 0 Å². The first-order chi connectivity index (χ1) is 9.38. The maximum atomic E-state index is 12.3. The Morgan fingerprint density at radius 3 is 2.40 bits per heavy atom. The second-order valence-electron chi connectivity index (χ2n) is 4.87. The quantitative estimate of drug-likeness (QED) is 0.803. The van der Waals surface area contributed by atoms with Crippen molar-refractivity contribution in [2.45, 2.75) is 20.8 Å². The molecule has 2 rings (SSSR count). The van der Waals surface area contributed by atoms with Crippen LogP contribution in [0.2, 0.25) is 0 Å². The summed E-state index contributed by atoms with van der Waals surface area (Å²) in [5.74, 6) is 0.0866. The van der Waals surface area contributed by atoms with Crippen LogP contribution in [-0.2, 0) is 0 Å². The van der Waals surface area contributed by atoms with Gasteiger partial charge in [-0.1, -0.05) is 15.9 Å². The van der Waals surface area contributed by atoms with Gasteiger partial charge in [0, 0.05) is 15.7 Å². The van der Waals surface area contributed by atoms with Crippen molar-refractivity contribution in [1.29, 1.82) is 0 Å². The molecule has 0 bridgehead atoms. The molecule has 0 radical (unpaired) electrons. The normalized spacial score (nSPS) is 10.4. The number of nitrogens with one attached hydrogen (secondary N) is 1. The summed E-state index contributed by atoms with van der Waals surface area (Å²) in [7, 11) is 0. The summed E-state index contributed by atoms with van der Waals surface area (Å²) in [5, 5.41) is 12.5. The summed E-state index contributed by atoms with van der Waals surface area (Å²) in [5.41, 5.74) is 3.82. The van der Waals surface area contributed by atoms with Gasteiger partial charge in [-0.15, -0.1) is 0 Å². The van der Waals surface area contributed by atoms with Gasteiger partial charge in [0.15, 0.2) is 0 Å². The highest BCUT2D eigenvalue weighted by atomic mass is 79.9. The van der Waals surface area contributed by atoms with Gasteiger partial charge in [0.25, 0.3) is 5.91 Å². The van der Waals surface area contributed by atoms with Crippen molar-refractivity contribution in [2.24, 2.45) is 0 Å². The second-order valence-corrected chi connectivity index (χ2v) is 5.78. The standard InChI is InChI=1S/C16H16BrNO2/c1-9-6-12(17)4-5-13(9)16(20)18-14-7-11(3)15(19)8-10(14)2/h4-8,19H,1-3H3,(H,18,20). The number of hydrogen-bond acceptors (Lipinski definition) is 2. The van der Waals surface area contributed by atoms with E-state index in [9.17, 15) is 9.90 Å². The van der Waals surface area contributed by atoms with Gasteiger partial charge < -0.3 is 10.4 Å². The first-order valence-corrected chi connectivity index (χ1v) is 7.05. The number of benzene rings is 2.